The molecule has 0 aliphatic carbocycles. The van der Waals surface area contributed by atoms with Gasteiger partial charge in [-0.05, 0) is 36.9 Å². The molecule has 19 heavy (non-hydrogen) atoms. The van der Waals surface area contributed by atoms with Crippen molar-refractivity contribution in [3.8, 4) is 5.75 Å². The number of ether oxygens (including phenoxy) is 1. The molecule has 1 aromatic carbocycles. The Hall–Kier alpha value is -0.850. The first kappa shape index (κ1) is 16.2. The van der Waals surface area contributed by atoms with Crippen LogP contribution in [0, 0.1) is 0 Å². The predicted octanol–water partition coefficient (Wildman–Crippen LogP) is 2.54. The van der Waals surface area contributed by atoms with E-state index in [2.05, 4.69) is 18.1 Å². The molecule has 1 unspecified atom stereocenters. The molecule has 0 bridgehead atoms. The predicted molar refractivity (Wildman–Crippen MR) is 80.9 cm³/mol. The minimum atomic E-state index is -0.142. The lowest BCUT2D eigenvalue weighted by Crippen LogP contribution is -2.29. The van der Waals surface area contributed by atoms with Gasteiger partial charge in [-0.3, -0.25) is 9.63 Å². The Morgan fingerprint density at radius 3 is 2.68 bits per heavy atom. The third-order valence-corrected chi connectivity index (χ3v) is 3.72. The summed E-state index contributed by atoms with van der Waals surface area (Å²) in [5.74, 6) is 1.97. The average Bonchev–Trinajstić information content (AvgIpc) is 2.44. The number of thiol groups is 1. The van der Waals surface area contributed by atoms with Gasteiger partial charge >= 0.3 is 0 Å². The van der Waals surface area contributed by atoms with E-state index < -0.39 is 0 Å². The molecule has 1 aromatic rings. The summed E-state index contributed by atoms with van der Waals surface area (Å²) in [5, 5.41) is 0. The van der Waals surface area contributed by atoms with Crippen LogP contribution in [0.3, 0.4) is 0 Å². The molecule has 1 rings (SSSR count). The second-order valence-corrected chi connectivity index (χ2v) is 5.45. The van der Waals surface area contributed by atoms with Crippen LogP contribution in [0.5, 0.6) is 5.75 Å². The van der Waals surface area contributed by atoms with Crippen LogP contribution < -0.4 is 10.2 Å². The first-order valence-corrected chi connectivity index (χ1v) is 7.59. The SMILES string of the molecule is COc1ccc(SCC(C)ONC(=O)CCS)cc1. The van der Waals surface area contributed by atoms with Gasteiger partial charge in [-0.25, -0.2) is 5.48 Å². The summed E-state index contributed by atoms with van der Waals surface area (Å²) in [6, 6.07) is 7.83. The first-order valence-electron chi connectivity index (χ1n) is 5.98. The van der Waals surface area contributed by atoms with Crippen LogP contribution in [0.2, 0.25) is 0 Å². The summed E-state index contributed by atoms with van der Waals surface area (Å²) in [4.78, 5) is 17.6. The van der Waals surface area contributed by atoms with Gasteiger partial charge < -0.3 is 4.74 Å². The van der Waals surface area contributed by atoms with Gasteiger partial charge in [0.15, 0.2) is 0 Å². The molecule has 1 atom stereocenters. The number of hydrogen-bond acceptors (Lipinski definition) is 5. The summed E-state index contributed by atoms with van der Waals surface area (Å²) >= 11 is 5.64. The molecule has 0 aliphatic heterocycles. The lowest BCUT2D eigenvalue weighted by Gasteiger charge is -2.12. The molecule has 0 spiro atoms. The molecule has 0 saturated heterocycles. The van der Waals surface area contributed by atoms with E-state index in [1.807, 2.05) is 31.2 Å². The van der Waals surface area contributed by atoms with Crippen LogP contribution in [-0.2, 0) is 9.63 Å². The smallest absolute Gasteiger partial charge is 0.244 e. The summed E-state index contributed by atoms with van der Waals surface area (Å²) in [7, 11) is 1.64. The highest BCUT2D eigenvalue weighted by Gasteiger charge is 2.06. The van der Waals surface area contributed by atoms with Gasteiger partial charge in [0.25, 0.3) is 0 Å². The fraction of sp³-hybridized carbons (Fsp3) is 0.462. The van der Waals surface area contributed by atoms with E-state index in [9.17, 15) is 4.79 Å². The number of carbonyl (C=O) groups is 1. The molecule has 0 aliphatic rings. The molecule has 1 amide bonds. The molecule has 106 valence electrons. The Bertz CT molecular complexity index is 384. The van der Waals surface area contributed by atoms with Crippen molar-refractivity contribution in [3.05, 3.63) is 24.3 Å². The van der Waals surface area contributed by atoms with Gasteiger partial charge in [-0.1, -0.05) is 0 Å². The number of hydrogen-bond donors (Lipinski definition) is 2. The Morgan fingerprint density at radius 1 is 1.42 bits per heavy atom. The molecule has 0 fully saturated rings. The van der Waals surface area contributed by atoms with Crippen LogP contribution in [0.25, 0.3) is 0 Å². The molecule has 0 heterocycles. The lowest BCUT2D eigenvalue weighted by atomic mass is 10.3. The van der Waals surface area contributed by atoms with Crippen LogP contribution in [0.1, 0.15) is 13.3 Å². The van der Waals surface area contributed by atoms with Gasteiger partial charge in [0.2, 0.25) is 5.91 Å². The Morgan fingerprint density at radius 2 is 2.11 bits per heavy atom. The normalized spacial score (nSPS) is 11.9. The summed E-state index contributed by atoms with van der Waals surface area (Å²) < 4.78 is 5.09. The molecule has 0 aromatic heterocycles. The number of benzene rings is 1. The maximum Gasteiger partial charge on any atom is 0.244 e. The first-order chi connectivity index (χ1) is 9.15. The van der Waals surface area contributed by atoms with Gasteiger partial charge in [-0.15, -0.1) is 11.8 Å². The van der Waals surface area contributed by atoms with Crippen LogP contribution in [0.4, 0.5) is 0 Å². The summed E-state index contributed by atoms with van der Waals surface area (Å²) in [6.45, 7) is 1.91. The van der Waals surface area contributed by atoms with E-state index >= 15 is 0 Å². The highest BCUT2D eigenvalue weighted by atomic mass is 32.2. The van der Waals surface area contributed by atoms with Crippen molar-refractivity contribution in [1.29, 1.82) is 0 Å². The highest BCUT2D eigenvalue weighted by Crippen LogP contribution is 2.22. The summed E-state index contributed by atoms with van der Waals surface area (Å²) in [6.07, 6.45) is 0.303. The van der Waals surface area contributed by atoms with E-state index in [0.717, 1.165) is 16.4 Å². The Labute approximate surface area is 123 Å². The maximum absolute atomic E-state index is 11.2. The van der Waals surface area contributed by atoms with Crippen molar-refractivity contribution in [2.75, 3.05) is 18.6 Å². The zero-order chi connectivity index (χ0) is 14.1. The van der Waals surface area contributed by atoms with Crippen LogP contribution in [0.15, 0.2) is 29.2 Å². The van der Waals surface area contributed by atoms with Gasteiger partial charge in [-0.2, -0.15) is 12.6 Å². The fourth-order valence-electron chi connectivity index (χ4n) is 1.24. The third kappa shape index (κ3) is 6.75. The molecule has 0 radical (unpaired) electrons. The van der Waals surface area contributed by atoms with Gasteiger partial charge in [0.1, 0.15) is 5.75 Å². The van der Waals surface area contributed by atoms with Crippen molar-refractivity contribution in [3.63, 3.8) is 0 Å². The average molecular weight is 301 g/mol. The maximum atomic E-state index is 11.2. The Balaban J connectivity index is 2.25. The van der Waals surface area contributed by atoms with Gasteiger partial charge in [0.05, 0.1) is 13.2 Å². The zero-order valence-electron chi connectivity index (χ0n) is 11.1. The highest BCUT2D eigenvalue weighted by molar-refractivity contribution is 7.99. The third-order valence-electron chi connectivity index (χ3n) is 2.26. The van der Waals surface area contributed by atoms with Gasteiger partial charge in [0, 0.05) is 17.1 Å². The molecule has 4 nitrogen and oxygen atoms in total. The Kier molecular flexibility index (Phi) is 7.78. The van der Waals surface area contributed by atoms with Crippen LogP contribution in [-0.4, -0.2) is 30.6 Å². The standard InChI is InChI=1S/C13H19NO3S2/c1-10(17-14-13(15)7-8-18)9-19-12-5-3-11(16-2)4-6-12/h3-6,10,18H,7-9H2,1-2H3,(H,14,15). The number of hydroxylamine groups is 1. The number of thioether (sulfide) groups is 1. The van der Waals surface area contributed by atoms with E-state index in [1.165, 1.54) is 0 Å². The monoisotopic (exact) mass is 301 g/mol. The van der Waals surface area contributed by atoms with Crippen molar-refractivity contribution < 1.29 is 14.4 Å². The van der Waals surface area contributed by atoms with Crippen molar-refractivity contribution >= 4 is 30.3 Å². The number of carbonyl (C=O) groups excluding carboxylic acids is 1. The largest absolute Gasteiger partial charge is 0.497 e. The van der Waals surface area contributed by atoms with Crippen LogP contribution >= 0.6 is 24.4 Å². The molecular weight excluding hydrogens is 282 g/mol. The van der Waals surface area contributed by atoms with E-state index in [0.29, 0.717) is 12.2 Å². The molecule has 0 saturated carbocycles. The van der Waals surface area contributed by atoms with E-state index in [4.69, 9.17) is 9.57 Å². The van der Waals surface area contributed by atoms with E-state index in [-0.39, 0.29) is 12.0 Å². The quantitative estimate of drug-likeness (QED) is 0.440. The second-order valence-electron chi connectivity index (χ2n) is 3.91. The zero-order valence-corrected chi connectivity index (χ0v) is 12.8. The topological polar surface area (TPSA) is 47.6 Å². The number of amides is 1. The van der Waals surface area contributed by atoms with E-state index in [1.54, 1.807) is 18.9 Å². The number of methoxy groups -OCH3 is 1. The molecule has 6 heteroatoms. The minimum absolute atomic E-state index is 0.0593. The van der Waals surface area contributed by atoms with Crippen molar-refractivity contribution in [2.24, 2.45) is 0 Å². The van der Waals surface area contributed by atoms with Crippen molar-refractivity contribution in [2.45, 2.75) is 24.3 Å². The number of rotatable bonds is 8. The summed E-state index contributed by atoms with van der Waals surface area (Å²) in [5.41, 5.74) is 2.42. The molecule has 1 N–H and O–H groups in total. The molecular formula is C13H19NO3S2. The van der Waals surface area contributed by atoms with Crippen molar-refractivity contribution in [1.82, 2.24) is 5.48 Å². The minimum Gasteiger partial charge on any atom is -0.497 e. The lowest BCUT2D eigenvalue weighted by molar-refractivity contribution is -0.136. The second kappa shape index (κ2) is 9.12. The number of nitrogens with one attached hydrogen (secondary N) is 1. The fourth-order valence-corrected chi connectivity index (χ4v) is 2.27.